The van der Waals surface area contributed by atoms with E-state index in [2.05, 4.69) is 25.9 Å². The van der Waals surface area contributed by atoms with Gasteiger partial charge in [-0.2, -0.15) is 0 Å². The number of aromatic nitrogens is 2. The molecule has 0 saturated heterocycles. The number of ether oxygens (including phenoxy) is 1. The first kappa shape index (κ1) is 12.1. The molecule has 1 aromatic carbocycles. The molecule has 0 radical (unpaired) electrons. The molecular formula is C12H13BrN2O2. The Kier molecular flexibility index (Phi) is 3.47. The van der Waals surface area contributed by atoms with Crippen LogP contribution in [-0.2, 0) is 0 Å². The van der Waals surface area contributed by atoms with Crippen molar-refractivity contribution in [2.75, 3.05) is 0 Å². The minimum Gasteiger partial charge on any atom is -0.504 e. The summed E-state index contributed by atoms with van der Waals surface area (Å²) < 4.78 is 6.27. The van der Waals surface area contributed by atoms with E-state index in [1.54, 1.807) is 18.3 Å². The van der Waals surface area contributed by atoms with Crippen LogP contribution in [0.3, 0.4) is 0 Å². The van der Waals surface area contributed by atoms with Gasteiger partial charge in [-0.15, -0.1) is 0 Å². The van der Waals surface area contributed by atoms with Gasteiger partial charge in [-0.05, 0) is 29.3 Å². The van der Waals surface area contributed by atoms with E-state index < -0.39 is 0 Å². The van der Waals surface area contributed by atoms with E-state index in [9.17, 15) is 5.11 Å². The molecule has 0 saturated carbocycles. The summed E-state index contributed by atoms with van der Waals surface area (Å²) in [5.74, 6) is 0.536. The summed E-state index contributed by atoms with van der Waals surface area (Å²) in [6, 6.07) is 3.26. The number of phenols is 1. The molecule has 90 valence electrons. The Morgan fingerprint density at radius 1 is 1.41 bits per heavy atom. The van der Waals surface area contributed by atoms with Gasteiger partial charge in [0.05, 0.1) is 23.3 Å². The van der Waals surface area contributed by atoms with Gasteiger partial charge in [0, 0.05) is 12.1 Å². The van der Waals surface area contributed by atoms with Gasteiger partial charge >= 0.3 is 0 Å². The summed E-state index contributed by atoms with van der Waals surface area (Å²) >= 11 is 3.26. The molecule has 17 heavy (non-hydrogen) atoms. The van der Waals surface area contributed by atoms with E-state index in [1.165, 1.54) is 0 Å². The average molecular weight is 297 g/mol. The van der Waals surface area contributed by atoms with Crippen LogP contribution in [-0.4, -0.2) is 21.2 Å². The number of fused-ring (bicyclic) bond motifs is 1. The third kappa shape index (κ3) is 2.66. The van der Waals surface area contributed by atoms with Crippen molar-refractivity contribution < 1.29 is 9.84 Å². The van der Waals surface area contributed by atoms with Gasteiger partial charge in [0.25, 0.3) is 0 Å². The second-order valence-electron chi connectivity index (χ2n) is 3.84. The Labute approximate surface area is 108 Å². The molecule has 0 aliphatic heterocycles. The SMILES string of the molecule is CC[C@H](C)Oc1cc2nc(Br)cnc2cc1O. The maximum absolute atomic E-state index is 9.82. The van der Waals surface area contributed by atoms with Crippen LogP contribution in [0.25, 0.3) is 11.0 Å². The Balaban J connectivity index is 2.46. The van der Waals surface area contributed by atoms with E-state index in [0.717, 1.165) is 6.42 Å². The summed E-state index contributed by atoms with van der Waals surface area (Å²) in [4.78, 5) is 8.43. The van der Waals surface area contributed by atoms with Crippen LogP contribution in [0.4, 0.5) is 0 Å². The van der Waals surface area contributed by atoms with Crippen molar-refractivity contribution in [2.24, 2.45) is 0 Å². The monoisotopic (exact) mass is 296 g/mol. The van der Waals surface area contributed by atoms with Crippen LogP contribution in [0.15, 0.2) is 22.9 Å². The fourth-order valence-corrected chi connectivity index (χ4v) is 1.69. The number of halogens is 1. The third-order valence-electron chi connectivity index (χ3n) is 2.50. The van der Waals surface area contributed by atoms with Crippen molar-refractivity contribution in [3.63, 3.8) is 0 Å². The Hall–Kier alpha value is -1.36. The van der Waals surface area contributed by atoms with Crippen molar-refractivity contribution in [1.29, 1.82) is 0 Å². The first-order valence-corrected chi connectivity index (χ1v) is 6.21. The topological polar surface area (TPSA) is 55.2 Å². The normalized spacial score (nSPS) is 12.6. The Morgan fingerprint density at radius 3 is 2.88 bits per heavy atom. The summed E-state index contributed by atoms with van der Waals surface area (Å²) in [7, 11) is 0. The molecule has 1 heterocycles. The summed E-state index contributed by atoms with van der Waals surface area (Å²) in [6.45, 7) is 3.98. The summed E-state index contributed by atoms with van der Waals surface area (Å²) in [5.41, 5.74) is 1.33. The van der Waals surface area contributed by atoms with Crippen LogP contribution >= 0.6 is 15.9 Å². The lowest BCUT2D eigenvalue weighted by Gasteiger charge is -2.14. The second kappa shape index (κ2) is 4.87. The number of benzene rings is 1. The van der Waals surface area contributed by atoms with Crippen molar-refractivity contribution >= 4 is 27.0 Å². The maximum atomic E-state index is 9.82. The Morgan fingerprint density at radius 2 is 2.18 bits per heavy atom. The van der Waals surface area contributed by atoms with E-state index in [4.69, 9.17) is 4.74 Å². The van der Waals surface area contributed by atoms with Gasteiger partial charge in [0.2, 0.25) is 0 Å². The lowest BCUT2D eigenvalue weighted by atomic mass is 10.2. The van der Waals surface area contributed by atoms with Gasteiger partial charge < -0.3 is 9.84 Å². The highest BCUT2D eigenvalue weighted by Crippen LogP contribution is 2.31. The Bertz CT molecular complexity index is 545. The zero-order valence-electron chi connectivity index (χ0n) is 9.64. The van der Waals surface area contributed by atoms with Crippen LogP contribution in [0.5, 0.6) is 11.5 Å². The molecular weight excluding hydrogens is 284 g/mol. The standard InChI is InChI=1S/C12H13BrN2O2/c1-3-7(2)17-11-5-9-8(4-10(11)16)14-6-12(13)15-9/h4-7,16H,3H2,1-2H3/t7-/m0/s1. The molecule has 0 aliphatic carbocycles. The molecule has 2 aromatic rings. The van der Waals surface area contributed by atoms with Crippen LogP contribution in [0, 0.1) is 0 Å². The van der Waals surface area contributed by atoms with E-state index in [-0.39, 0.29) is 11.9 Å². The fourth-order valence-electron chi connectivity index (χ4n) is 1.40. The number of rotatable bonds is 3. The predicted molar refractivity (Wildman–Crippen MR) is 69.3 cm³/mol. The van der Waals surface area contributed by atoms with Crippen molar-refractivity contribution in [3.05, 3.63) is 22.9 Å². The number of nitrogens with zero attached hydrogens (tertiary/aromatic N) is 2. The van der Waals surface area contributed by atoms with Gasteiger partial charge in [0.15, 0.2) is 11.5 Å². The van der Waals surface area contributed by atoms with E-state index >= 15 is 0 Å². The summed E-state index contributed by atoms with van der Waals surface area (Å²) in [5, 5.41) is 9.82. The highest BCUT2D eigenvalue weighted by atomic mass is 79.9. The highest BCUT2D eigenvalue weighted by Gasteiger charge is 2.10. The first-order valence-electron chi connectivity index (χ1n) is 5.42. The van der Waals surface area contributed by atoms with Crippen molar-refractivity contribution in [3.8, 4) is 11.5 Å². The lowest BCUT2D eigenvalue weighted by Crippen LogP contribution is -2.09. The first-order chi connectivity index (χ1) is 8.10. The van der Waals surface area contributed by atoms with Crippen LogP contribution < -0.4 is 4.74 Å². The number of hydrogen-bond donors (Lipinski definition) is 1. The minimum atomic E-state index is 0.0541. The number of aromatic hydroxyl groups is 1. The number of hydrogen-bond acceptors (Lipinski definition) is 4. The van der Waals surface area contributed by atoms with E-state index in [0.29, 0.717) is 21.4 Å². The predicted octanol–water partition coefficient (Wildman–Crippen LogP) is 3.28. The third-order valence-corrected chi connectivity index (χ3v) is 2.88. The zero-order valence-corrected chi connectivity index (χ0v) is 11.2. The zero-order chi connectivity index (χ0) is 12.4. The average Bonchev–Trinajstić information content (AvgIpc) is 2.30. The summed E-state index contributed by atoms with van der Waals surface area (Å²) in [6.07, 6.45) is 2.52. The van der Waals surface area contributed by atoms with E-state index in [1.807, 2.05) is 13.8 Å². The number of phenolic OH excluding ortho intramolecular Hbond substituents is 1. The molecule has 1 aromatic heterocycles. The van der Waals surface area contributed by atoms with Gasteiger partial charge in [-0.1, -0.05) is 6.92 Å². The molecule has 0 aliphatic rings. The van der Waals surface area contributed by atoms with Crippen LogP contribution in [0.2, 0.25) is 0 Å². The quantitative estimate of drug-likeness (QED) is 0.944. The largest absolute Gasteiger partial charge is 0.504 e. The highest BCUT2D eigenvalue weighted by molar-refractivity contribution is 9.10. The molecule has 5 heteroatoms. The molecule has 2 rings (SSSR count). The van der Waals surface area contributed by atoms with Crippen LogP contribution in [0.1, 0.15) is 20.3 Å². The molecule has 1 atom stereocenters. The molecule has 0 spiro atoms. The molecule has 0 unspecified atom stereocenters. The molecule has 0 fully saturated rings. The second-order valence-corrected chi connectivity index (χ2v) is 4.65. The van der Waals surface area contributed by atoms with Gasteiger partial charge in [-0.25, -0.2) is 4.98 Å². The smallest absolute Gasteiger partial charge is 0.163 e. The lowest BCUT2D eigenvalue weighted by molar-refractivity contribution is 0.209. The molecule has 0 bridgehead atoms. The van der Waals surface area contributed by atoms with Crippen molar-refractivity contribution in [2.45, 2.75) is 26.4 Å². The maximum Gasteiger partial charge on any atom is 0.163 e. The van der Waals surface area contributed by atoms with Gasteiger partial charge in [0.1, 0.15) is 4.60 Å². The molecule has 1 N–H and O–H groups in total. The fraction of sp³-hybridized carbons (Fsp3) is 0.333. The molecule has 0 amide bonds. The van der Waals surface area contributed by atoms with Gasteiger partial charge in [-0.3, -0.25) is 4.98 Å². The molecule has 4 nitrogen and oxygen atoms in total. The minimum absolute atomic E-state index is 0.0541. The van der Waals surface area contributed by atoms with Crippen molar-refractivity contribution in [1.82, 2.24) is 9.97 Å².